The standard InChI is InChI=1S/C9H3ClF6O2/c10-4-2-1-3(7(17)18)5(8(11,12)13)6(4)9(14,15)16/h1-2H,(H,17,18). The summed E-state index contributed by atoms with van der Waals surface area (Å²) in [6.07, 6.45) is -10.9. The molecule has 1 aromatic rings. The van der Waals surface area contributed by atoms with Crippen LogP contribution in [0.25, 0.3) is 0 Å². The van der Waals surface area contributed by atoms with E-state index >= 15 is 0 Å². The van der Waals surface area contributed by atoms with E-state index in [2.05, 4.69) is 0 Å². The van der Waals surface area contributed by atoms with E-state index < -0.39 is 40.0 Å². The highest BCUT2D eigenvalue weighted by atomic mass is 35.5. The summed E-state index contributed by atoms with van der Waals surface area (Å²) in [5.74, 6) is -2.12. The summed E-state index contributed by atoms with van der Waals surface area (Å²) in [7, 11) is 0. The fourth-order valence-electron chi connectivity index (χ4n) is 1.33. The van der Waals surface area contributed by atoms with E-state index in [1.54, 1.807) is 0 Å². The lowest BCUT2D eigenvalue weighted by molar-refractivity contribution is -0.162. The third-order valence-corrected chi connectivity index (χ3v) is 2.27. The first-order chi connectivity index (χ1) is 7.96. The molecule has 1 N–H and O–H groups in total. The van der Waals surface area contributed by atoms with Crippen molar-refractivity contribution in [3.8, 4) is 0 Å². The number of alkyl halides is 6. The molecule has 0 heterocycles. The molecule has 0 saturated heterocycles. The van der Waals surface area contributed by atoms with Crippen LogP contribution < -0.4 is 0 Å². The van der Waals surface area contributed by atoms with E-state index in [4.69, 9.17) is 16.7 Å². The molecule has 1 rings (SSSR count). The second-order valence-electron chi connectivity index (χ2n) is 3.15. The lowest BCUT2D eigenvalue weighted by Gasteiger charge is -2.18. The predicted octanol–water partition coefficient (Wildman–Crippen LogP) is 4.08. The Labute approximate surface area is 101 Å². The highest BCUT2D eigenvalue weighted by Crippen LogP contribution is 2.45. The molecule has 0 atom stereocenters. The molecule has 100 valence electrons. The van der Waals surface area contributed by atoms with E-state index in [0.29, 0.717) is 12.1 Å². The molecule has 18 heavy (non-hydrogen) atoms. The number of halogens is 7. The zero-order valence-electron chi connectivity index (χ0n) is 8.16. The van der Waals surface area contributed by atoms with Gasteiger partial charge >= 0.3 is 18.3 Å². The van der Waals surface area contributed by atoms with Crippen molar-refractivity contribution in [1.29, 1.82) is 0 Å². The van der Waals surface area contributed by atoms with Crippen molar-refractivity contribution >= 4 is 17.6 Å². The van der Waals surface area contributed by atoms with E-state index in [1.807, 2.05) is 0 Å². The van der Waals surface area contributed by atoms with Crippen LogP contribution in [0, 0.1) is 0 Å². The highest BCUT2D eigenvalue weighted by Gasteiger charge is 2.47. The Bertz CT molecular complexity index is 491. The van der Waals surface area contributed by atoms with Gasteiger partial charge in [0.2, 0.25) is 0 Å². The summed E-state index contributed by atoms with van der Waals surface area (Å²) in [6, 6.07) is 0.839. The van der Waals surface area contributed by atoms with Gasteiger partial charge in [-0.05, 0) is 12.1 Å². The van der Waals surface area contributed by atoms with Gasteiger partial charge in [-0.3, -0.25) is 0 Å². The maximum absolute atomic E-state index is 12.6. The Morgan fingerprint density at radius 1 is 1.00 bits per heavy atom. The van der Waals surface area contributed by atoms with E-state index in [1.165, 1.54) is 0 Å². The Morgan fingerprint density at radius 3 is 1.78 bits per heavy atom. The molecule has 0 spiro atoms. The molecule has 1 aromatic carbocycles. The number of hydrogen-bond donors (Lipinski definition) is 1. The molecule has 0 aliphatic rings. The summed E-state index contributed by atoms with van der Waals surface area (Å²) in [4.78, 5) is 10.5. The van der Waals surface area contributed by atoms with Crippen molar-refractivity contribution in [1.82, 2.24) is 0 Å². The first-order valence-electron chi connectivity index (χ1n) is 4.16. The van der Waals surface area contributed by atoms with E-state index in [-0.39, 0.29) is 0 Å². The number of carbonyl (C=O) groups is 1. The average Bonchev–Trinajstić information content (AvgIpc) is 2.13. The van der Waals surface area contributed by atoms with Gasteiger partial charge in [0.15, 0.2) is 0 Å². The first-order valence-corrected chi connectivity index (χ1v) is 4.54. The van der Waals surface area contributed by atoms with Crippen LogP contribution in [0.3, 0.4) is 0 Å². The maximum Gasteiger partial charge on any atom is 0.418 e. The fraction of sp³-hybridized carbons (Fsp3) is 0.222. The third-order valence-electron chi connectivity index (χ3n) is 1.95. The average molecular weight is 293 g/mol. The third kappa shape index (κ3) is 2.69. The minimum Gasteiger partial charge on any atom is -0.478 e. The monoisotopic (exact) mass is 292 g/mol. The Balaban J connectivity index is 3.79. The van der Waals surface area contributed by atoms with Crippen LogP contribution >= 0.6 is 11.6 Å². The van der Waals surface area contributed by atoms with Crippen molar-refractivity contribution in [2.24, 2.45) is 0 Å². The summed E-state index contributed by atoms with van der Waals surface area (Å²) < 4.78 is 75.2. The second-order valence-corrected chi connectivity index (χ2v) is 3.55. The van der Waals surface area contributed by atoms with Gasteiger partial charge in [-0.15, -0.1) is 0 Å². The highest BCUT2D eigenvalue weighted by molar-refractivity contribution is 6.31. The summed E-state index contributed by atoms with van der Waals surface area (Å²) in [5, 5.41) is 7.29. The van der Waals surface area contributed by atoms with Gasteiger partial charge in [-0.25, -0.2) is 4.79 Å². The molecule has 0 bridgehead atoms. The molecule has 0 aliphatic heterocycles. The smallest absolute Gasteiger partial charge is 0.418 e. The van der Waals surface area contributed by atoms with Gasteiger partial charge in [0.05, 0.1) is 21.7 Å². The number of carboxylic acids is 1. The predicted molar refractivity (Wildman–Crippen MR) is 48.4 cm³/mol. The number of carboxylic acid groups (broad SMARTS) is 1. The molecule has 0 aliphatic carbocycles. The SMILES string of the molecule is O=C(O)c1ccc(Cl)c(C(F)(F)F)c1C(F)(F)F. The molecule has 0 unspecified atom stereocenters. The molecule has 0 saturated carbocycles. The molecule has 2 nitrogen and oxygen atoms in total. The van der Waals surface area contributed by atoms with Gasteiger partial charge in [0.1, 0.15) is 0 Å². The summed E-state index contributed by atoms with van der Waals surface area (Å²) >= 11 is 5.08. The maximum atomic E-state index is 12.6. The van der Waals surface area contributed by atoms with Crippen LogP contribution in [-0.2, 0) is 12.4 Å². The Kier molecular flexibility index (Phi) is 3.53. The van der Waals surface area contributed by atoms with Crippen molar-refractivity contribution < 1.29 is 36.2 Å². The van der Waals surface area contributed by atoms with E-state index in [9.17, 15) is 31.1 Å². The molecule has 9 heteroatoms. The van der Waals surface area contributed by atoms with Crippen LogP contribution in [0.1, 0.15) is 21.5 Å². The number of aromatic carboxylic acids is 1. The van der Waals surface area contributed by atoms with Gasteiger partial charge in [0, 0.05) is 0 Å². The van der Waals surface area contributed by atoms with Crippen LogP contribution in [0.15, 0.2) is 12.1 Å². The lowest BCUT2D eigenvalue weighted by Crippen LogP contribution is -2.21. The van der Waals surface area contributed by atoms with E-state index in [0.717, 1.165) is 0 Å². The van der Waals surface area contributed by atoms with Gasteiger partial charge in [-0.2, -0.15) is 26.3 Å². The quantitative estimate of drug-likeness (QED) is 0.792. The Hall–Kier alpha value is -1.44. The zero-order chi connectivity index (χ0) is 14.3. The summed E-state index contributed by atoms with van der Waals surface area (Å²) in [6.45, 7) is 0. The normalized spacial score (nSPS) is 12.6. The number of hydrogen-bond acceptors (Lipinski definition) is 1. The minimum absolute atomic E-state index is 0.378. The van der Waals surface area contributed by atoms with Crippen molar-refractivity contribution in [2.75, 3.05) is 0 Å². The van der Waals surface area contributed by atoms with Crippen molar-refractivity contribution in [2.45, 2.75) is 12.4 Å². The summed E-state index contributed by atoms with van der Waals surface area (Å²) in [5.41, 5.74) is -5.99. The van der Waals surface area contributed by atoms with Crippen molar-refractivity contribution in [3.63, 3.8) is 0 Å². The molecule has 0 radical (unpaired) electrons. The van der Waals surface area contributed by atoms with Gasteiger partial charge in [-0.1, -0.05) is 11.6 Å². The number of rotatable bonds is 1. The van der Waals surface area contributed by atoms with Crippen LogP contribution in [0.5, 0.6) is 0 Å². The lowest BCUT2D eigenvalue weighted by atomic mass is 10.00. The topological polar surface area (TPSA) is 37.3 Å². The van der Waals surface area contributed by atoms with Gasteiger partial charge in [0.25, 0.3) is 0 Å². The number of benzene rings is 1. The van der Waals surface area contributed by atoms with Crippen LogP contribution in [0.4, 0.5) is 26.3 Å². The fourth-order valence-corrected chi connectivity index (χ4v) is 1.59. The largest absolute Gasteiger partial charge is 0.478 e. The zero-order valence-corrected chi connectivity index (χ0v) is 8.91. The van der Waals surface area contributed by atoms with Crippen LogP contribution in [0.2, 0.25) is 5.02 Å². The minimum atomic E-state index is -5.48. The van der Waals surface area contributed by atoms with Crippen LogP contribution in [-0.4, -0.2) is 11.1 Å². The molecular weight excluding hydrogens is 290 g/mol. The van der Waals surface area contributed by atoms with Crippen molar-refractivity contribution in [3.05, 3.63) is 33.8 Å². The Morgan fingerprint density at radius 2 is 1.44 bits per heavy atom. The molecule has 0 amide bonds. The second kappa shape index (κ2) is 4.34. The first kappa shape index (κ1) is 14.6. The molecule has 0 aromatic heterocycles. The molecule has 0 fully saturated rings. The molecular formula is C9H3ClF6O2. The van der Waals surface area contributed by atoms with Gasteiger partial charge < -0.3 is 5.11 Å².